The predicted octanol–water partition coefficient (Wildman–Crippen LogP) is 0.568. The van der Waals surface area contributed by atoms with E-state index in [9.17, 15) is 4.79 Å². The first-order chi connectivity index (χ1) is 3.68. The number of hydrogen-bond donors (Lipinski definition) is 2. The summed E-state index contributed by atoms with van der Waals surface area (Å²) in [5.41, 5.74) is 5.30. The van der Waals surface area contributed by atoms with Crippen LogP contribution in [0, 0.1) is 0 Å². The SMILES string of the molecule is CCCC(N)C(=O)S.[Fe]. The van der Waals surface area contributed by atoms with Crippen LogP contribution in [0.3, 0.4) is 0 Å². The van der Waals surface area contributed by atoms with E-state index in [0.717, 1.165) is 12.8 Å². The summed E-state index contributed by atoms with van der Waals surface area (Å²) in [6, 6.07) is -0.358. The molecule has 0 aliphatic heterocycles. The van der Waals surface area contributed by atoms with Crippen LogP contribution in [0.4, 0.5) is 0 Å². The molecule has 1 atom stereocenters. The summed E-state index contributed by atoms with van der Waals surface area (Å²) in [7, 11) is 0. The van der Waals surface area contributed by atoms with Crippen LogP contribution in [0.25, 0.3) is 0 Å². The van der Waals surface area contributed by atoms with Crippen LogP contribution in [0.5, 0.6) is 0 Å². The van der Waals surface area contributed by atoms with Gasteiger partial charge in [0, 0.05) is 17.1 Å². The molecule has 0 saturated carbocycles. The van der Waals surface area contributed by atoms with E-state index in [0.29, 0.717) is 0 Å². The Labute approximate surface area is 71.5 Å². The molecule has 56 valence electrons. The van der Waals surface area contributed by atoms with Gasteiger partial charge < -0.3 is 5.73 Å². The molecule has 0 heterocycles. The fraction of sp³-hybridized carbons (Fsp3) is 0.800. The predicted molar refractivity (Wildman–Crippen MR) is 36.9 cm³/mol. The largest absolute Gasteiger partial charge is 0.321 e. The van der Waals surface area contributed by atoms with E-state index in [4.69, 9.17) is 5.73 Å². The van der Waals surface area contributed by atoms with Gasteiger partial charge in [0.15, 0.2) is 0 Å². The third-order valence-corrected chi connectivity index (χ3v) is 1.25. The summed E-state index contributed by atoms with van der Waals surface area (Å²) >= 11 is 3.56. The zero-order valence-corrected chi connectivity index (χ0v) is 7.28. The summed E-state index contributed by atoms with van der Waals surface area (Å²) in [4.78, 5) is 10.3. The Kier molecular flexibility index (Phi) is 8.97. The second-order valence-electron chi connectivity index (χ2n) is 1.73. The van der Waals surface area contributed by atoms with Gasteiger partial charge in [-0.05, 0) is 6.42 Å². The molecule has 2 N–H and O–H groups in total. The minimum atomic E-state index is -0.358. The first-order valence-electron chi connectivity index (χ1n) is 2.67. The van der Waals surface area contributed by atoms with Crippen LogP contribution in [0.2, 0.25) is 0 Å². The summed E-state index contributed by atoms with van der Waals surface area (Å²) in [5, 5.41) is -0.216. The van der Waals surface area contributed by atoms with Gasteiger partial charge in [0.25, 0.3) is 0 Å². The minimum absolute atomic E-state index is 0. The molecule has 2 nitrogen and oxygen atoms in total. The molecule has 0 aliphatic carbocycles. The van der Waals surface area contributed by atoms with E-state index in [1.54, 1.807) is 0 Å². The van der Waals surface area contributed by atoms with Crippen molar-refractivity contribution < 1.29 is 21.9 Å². The molecule has 0 rings (SSSR count). The molecule has 0 amide bonds. The third-order valence-electron chi connectivity index (χ3n) is 0.917. The van der Waals surface area contributed by atoms with Crippen molar-refractivity contribution in [3.8, 4) is 0 Å². The van der Waals surface area contributed by atoms with Gasteiger partial charge >= 0.3 is 0 Å². The second-order valence-corrected chi connectivity index (χ2v) is 2.17. The molecular weight excluding hydrogens is 178 g/mol. The molecule has 1 unspecified atom stereocenters. The number of carbonyl (C=O) groups excluding carboxylic acids is 1. The molecule has 0 saturated heterocycles. The van der Waals surface area contributed by atoms with Gasteiger partial charge in [-0.1, -0.05) is 13.3 Å². The average molecular weight is 189 g/mol. The fourth-order valence-electron chi connectivity index (χ4n) is 0.434. The first-order valence-corrected chi connectivity index (χ1v) is 3.11. The molecule has 0 fully saturated rings. The minimum Gasteiger partial charge on any atom is -0.321 e. The van der Waals surface area contributed by atoms with E-state index < -0.39 is 0 Å². The van der Waals surface area contributed by atoms with Gasteiger partial charge in [0.05, 0.1) is 6.04 Å². The topological polar surface area (TPSA) is 43.1 Å². The van der Waals surface area contributed by atoms with Crippen molar-refractivity contribution in [3.05, 3.63) is 0 Å². The molecule has 0 bridgehead atoms. The summed E-state index contributed by atoms with van der Waals surface area (Å²) in [6.07, 6.45) is 1.68. The Hall–Kier alpha value is 0.499. The van der Waals surface area contributed by atoms with E-state index in [1.807, 2.05) is 6.92 Å². The van der Waals surface area contributed by atoms with Gasteiger partial charge in [-0.15, -0.1) is 12.6 Å². The Balaban J connectivity index is 0. The maximum Gasteiger partial charge on any atom is 0.202 e. The molecule has 9 heavy (non-hydrogen) atoms. The van der Waals surface area contributed by atoms with Crippen molar-refractivity contribution >= 4 is 17.7 Å². The smallest absolute Gasteiger partial charge is 0.202 e. The van der Waals surface area contributed by atoms with Crippen LogP contribution >= 0.6 is 12.6 Å². The maximum absolute atomic E-state index is 10.3. The zero-order chi connectivity index (χ0) is 6.57. The van der Waals surface area contributed by atoms with E-state index in [-0.39, 0.29) is 28.2 Å². The summed E-state index contributed by atoms with van der Waals surface area (Å²) in [6.45, 7) is 1.98. The number of rotatable bonds is 3. The second kappa shape index (κ2) is 6.62. The van der Waals surface area contributed by atoms with Crippen LogP contribution < -0.4 is 5.73 Å². The molecule has 4 heteroatoms. The first kappa shape index (κ1) is 12.2. The molecule has 0 radical (unpaired) electrons. The van der Waals surface area contributed by atoms with Gasteiger partial charge in [-0.3, -0.25) is 4.79 Å². The van der Waals surface area contributed by atoms with Gasteiger partial charge in [-0.25, -0.2) is 0 Å². The Morgan fingerprint density at radius 3 is 2.33 bits per heavy atom. The molecular formula is C5H11FeNOS. The quantitative estimate of drug-likeness (QED) is 0.503. The van der Waals surface area contributed by atoms with Gasteiger partial charge in [-0.2, -0.15) is 0 Å². The third kappa shape index (κ3) is 6.38. The average Bonchev–Trinajstić information content (AvgIpc) is 1.67. The van der Waals surface area contributed by atoms with Crippen molar-refractivity contribution in [2.45, 2.75) is 25.8 Å². The van der Waals surface area contributed by atoms with Crippen molar-refractivity contribution in [1.29, 1.82) is 0 Å². The van der Waals surface area contributed by atoms with Crippen LogP contribution in [-0.4, -0.2) is 11.2 Å². The van der Waals surface area contributed by atoms with Crippen molar-refractivity contribution in [1.82, 2.24) is 0 Å². The monoisotopic (exact) mass is 189 g/mol. The van der Waals surface area contributed by atoms with Gasteiger partial charge in [0.2, 0.25) is 5.12 Å². The molecule has 0 aromatic carbocycles. The maximum atomic E-state index is 10.3. The molecule has 0 spiro atoms. The number of nitrogens with two attached hydrogens (primary N) is 1. The molecule has 0 aromatic rings. The van der Waals surface area contributed by atoms with Crippen LogP contribution in [0.1, 0.15) is 19.8 Å². The Morgan fingerprint density at radius 2 is 2.22 bits per heavy atom. The number of thiol groups is 1. The van der Waals surface area contributed by atoms with E-state index in [1.165, 1.54) is 0 Å². The van der Waals surface area contributed by atoms with Gasteiger partial charge in [0.1, 0.15) is 0 Å². The molecule has 0 aromatic heterocycles. The normalized spacial score (nSPS) is 11.9. The van der Waals surface area contributed by atoms with Crippen LogP contribution in [-0.2, 0) is 21.9 Å². The fourth-order valence-corrected chi connectivity index (χ4v) is 0.564. The van der Waals surface area contributed by atoms with E-state index in [2.05, 4.69) is 12.6 Å². The Morgan fingerprint density at radius 1 is 1.78 bits per heavy atom. The van der Waals surface area contributed by atoms with E-state index >= 15 is 0 Å². The van der Waals surface area contributed by atoms with Crippen molar-refractivity contribution in [2.24, 2.45) is 5.73 Å². The van der Waals surface area contributed by atoms with Crippen molar-refractivity contribution in [3.63, 3.8) is 0 Å². The number of carbonyl (C=O) groups is 1. The zero-order valence-electron chi connectivity index (χ0n) is 5.28. The van der Waals surface area contributed by atoms with Crippen molar-refractivity contribution in [2.75, 3.05) is 0 Å². The summed E-state index contributed by atoms with van der Waals surface area (Å²) < 4.78 is 0. The van der Waals surface area contributed by atoms with Crippen LogP contribution in [0.15, 0.2) is 0 Å². The summed E-state index contributed by atoms with van der Waals surface area (Å²) in [5.74, 6) is 0. The Bertz CT molecular complexity index is 89.0. The molecule has 0 aliphatic rings. The number of hydrogen-bond acceptors (Lipinski definition) is 2. The standard InChI is InChI=1S/C5H11NOS.Fe/c1-2-3-4(6)5(7)8;/h4H,2-3,6H2,1H3,(H,7,8);.